The molecule has 5 heteroatoms. The molecule has 0 radical (unpaired) electrons. The number of carbonyl (C=O) groups excluding carboxylic acids is 1. The highest BCUT2D eigenvalue weighted by Crippen LogP contribution is 2.20. The molecule has 0 aromatic heterocycles. The van der Waals surface area contributed by atoms with E-state index in [9.17, 15) is 9.59 Å². The number of nitrogens with one attached hydrogen (secondary N) is 1. The molecule has 0 saturated carbocycles. The van der Waals surface area contributed by atoms with E-state index < -0.39 is 5.97 Å². The minimum Gasteiger partial charge on any atom is -0.491 e. The number of carboxylic acid groups (broad SMARTS) is 1. The van der Waals surface area contributed by atoms with Crippen molar-refractivity contribution in [2.75, 3.05) is 0 Å². The van der Waals surface area contributed by atoms with Gasteiger partial charge in [-0.15, -0.1) is 0 Å². The minimum atomic E-state index is -0.823. The van der Waals surface area contributed by atoms with E-state index >= 15 is 0 Å². The van der Waals surface area contributed by atoms with Crippen LogP contribution in [0.25, 0.3) is 0 Å². The van der Waals surface area contributed by atoms with Crippen molar-refractivity contribution in [1.29, 1.82) is 0 Å². The number of hydrogen-bond acceptors (Lipinski definition) is 3. The second-order valence-corrected chi connectivity index (χ2v) is 5.63. The molecule has 0 aliphatic carbocycles. The van der Waals surface area contributed by atoms with E-state index in [0.29, 0.717) is 19.3 Å². The van der Waals surface area contributed by atoms with Crippen LogP contribution in [0.2, 0.25) is 0 Å². The molecule has 0 fully saturated rings. The fraction of sp³-hybridized carbons (Fsp3) is 0.529. The summed E-state index contributed by atoms with van der Waals surface area (Å²) < 4.78 is 5.64. The van der Waals surface area contributed by atoms with Gasteiger partial charge in [-0.3, -0.25) is 9.59 Å². The third kappa shape index (κ3) is 7.11. The first kappa shape index (κ1) is 18.0. The number of unbranched alkanes of at least 4 members (excludes halogenated alkanes) is 1. The Labute approximate surface area is 131 Å². The summed E-state index contributed by atoms with van der Waals surface area (Å²) >= 11 is 0. The number of carboxylic acids is 1. The zero-order chi connectivity index (χ0) is 16.5. The average Bonchev–Trinajstić information content (AvgIpc) is 2.43. The Kier molecular flexibility index (Phi) is 7.43. The number of ether oxygens (including phenoxy) is 1. The quantitative estimate of drug-likeness (QED) is 0.686. The van der Waals surface area contributed by atoms with Crippen LogP contribution in [0.5, 0.6) is 5.75 Å². The molecule has 1 aromatic carbocycles. The van der Waals surface area contributed by atoms with Gasteiger partial charge in [-0.2, -0.15) is 0 Å². The van der Waals surface area contributed by atoms with Gasteiger partial charge in [0.15, 0.2) is 0 Å². The van der Waals surface area contributed by atoms with E-state index in [-0.39, 0.29) is 24.5 Å². The average molecular weight is 307 g/mol. The van der Waals surface area contributed by atoms with Crippen molar-refractivity contribution >= 4 is 11.9 Å². The molecule has 1 unspecified atom stereocenters. The van der Waals surface area contributed by atoms with Crippen LogP contribution in [-0.4, -0.2) is 23.1 Å². The van der Waals surface area contributed by atoms with Crippen LogP contribution in [0.1, 0.15) is 58.1 Å². The molecule has 0 bridgehead atoms. The normalized spacial score (nSPS) is 12.0. The lowest BCUT2D eigenvalue weighted by atomic mass is 10.1. The lowest BCUT2D eigenvalue weighted by Gasteiger charge is -2.16. The van der Waals surface area contributed by atoms with E-state index in [1.165, 1.54) is 0 Å². The van der Waals surface area contributed by atoms with Gasteiger partial charge in [0.25, 0.3) is 0 Å². The van der Waals surface area contributed by atoms with Gasteiger partial charge in [0, 0.05) is 12.8 Å². The maximum absolute atomic E-state index is 11.8. The number of amides is 1. The molecule has 1 rings (SSSR count). The summed E-state index contributed by atoms with van der Waals surface area (Å²) in [5.74, 6) is -0.0983. The SMILES string of the molecule is CC(C)Oc1cccc(C(C)NC(=O)CCCCC(=O)O)c1. The van der Waals surface area contributed by atoms with Crippen LogP contribution in [0.3, 0.4) is 0 Å². The molecule has 1 aromatic rings. The largest absolute Gasteiger partial charge is 0.491 e. The summed E-state index contributed by atoms with van der Waals surface area (Å²) in [4.78, 5) is 22.2. The fourth-order valence-corrected chi connectivity index (χ4v) is 2.09. The molecular formula is C17H25NO4. The van der Waals surface area contributed by atoms with Gasteiger partial charge in [-0.25, -0.2) is 0 Å². The third-order valence-corrected chi connectivity index (χ3v) is 3.15. The lowest BCUT2D eigenvalue weighted by molar-refractivity contribution is -0.137. The standard InChI is InChI=1S/C17H25NO4/c1-12(2)22-15-8-6-7-14(11-15)13(3)18-16(19)9-4-5-10-17(20)21/h6-8,11-13H,4-5,9-10H2,1-3H3,(H,18,19)(H,20,21). The number of benzene rings is 1. The molecule has 0 spiro atoms. The van der Waals surface area contributed by atoms with Crippen LogP contribution < -0.4 is 10.1 Å². The van der Waals surface area contributed by atoms with Crippen LogP contribution in [0.15, 0.2) is 24.3 Å². The Morgan fingerprint density at radius 2 is 1.86 bits per heavy atom. The molecule has 2 N–H and O–H groups in total. The monoisotopic (exact) mass is 307 g/mol. The molecule has 0 heterocycles. The first-order chi connectivity index (χ1) is 10.4. The summed E-state index contributed by atoms with van der Waals surface area (Å²) in [6.07, 6.45) is 1.67. The third-order valence-electron chi connectivity index (χ3n) is 3.15. The Morgan fingerprint density at radius 1 is 1.18 bits per heavy atom. The van der Waals surface area contributed by atoms with Crippen LogP contribution in [0, 0.1) is 0 Å². The minimum absolute atomic E-state index is 0.0620. The van der Waals surface area contributed by atoms with Gasteiger partial charge in [0.2, 0.25) is 5.91 Å². The summed E-state index contributed by atoms with van der Waals surface area (Å²) in [5, 5.41) is 11.5. The Bertz CT molecular complexity index is 499. The summed E-state index contributed by atoms with van der Waals surface area (Å²) in [7, 11) is 0. The fourth-order valence-electron chi connectivity index (χ4n) is 2.09. The second kappa shape index (κ2) is 9.07. The Balaban J connectivity index is 2.45. The zero-order valence-electron chi connectivity index (χ0n) is 13.5. The second-order valence-electron chi connectivity index (χ2n) is 5.63. The first-order valence-corrected chi connectivity index (χ1v) is 7.66. The Morgan fingerprint density at radius 3 is 2.50 bits per heavy atom. The van der Waals surface area contributed by atoms with E-state index in [1.54, 1.807) is 0 Å². The molecule has 0 aliphatic heterocycles. The predicted octanol–water partition coefficient (Wildman–Crippen LogP) is 3.30. The summed E-state index contributed by atoms with van der Waals surface area (Å²) in [5.41, 5.74) is 0.983. The molecule has 0 saturated heterocycles. The molecule has 0 aliphatic rings. The molecule has 5 nitrogen and oxygen atoms in total. The van der Waals surface area contributed by atoms with Crippen molar-refractivity contribution < 1.29 is 19.4 Å². The number of rotatable bonds is 9. The van der Waals surface area contributed by atoms with E-state index in [1.807, 2.05) is 45.0 Å². The molecule has 122 valence electrons. The molecule has 1 atom stereocenters. The highest BCUT2D eigenvalue weighted by molar-refractivity contribution is 5.76. The van der Waals surface area contributed by atoms with E-state index in [4.69, 9.17) is 9.84 Å². The van der Waals surface area contributed by atoms with Gasteiger partial charge in [0.1, 0.15) is 5.75 Å². The van der Waals surface area contributed by atoms with Crippen molar-refractivity contribution in [3.63, 3.8) is 0 Å². The zero-order valence-corrected chi connectivity index (χ0v) is 13.5. The smallest absolute Gasteiger partial charge is 0.303 e. The van der Waals surface area contributed by atoms with Crippen LogP contribution in [0.4, 0.5) is 0 Å². The van der Waals surface area contributed by atoms with Gasteiger partial charge < -0.3 is 15.2 Å². The highest BCUT2D eigenvalue weighted by atomic mass is 16.5. The van der Waals surface area contributed by atoms with Gasteiger partial charge >= 0.3 is 5.97 Å². The van der Waals surface area contributed by atoms with E-state index in [2.05, 4.69) is 5.32 Å². The van der Waals surface area contributed by atoms with E-state index in [0.717, 1.165) is 11.3 Å². The molecule has 1 amide bonds. The molecular weight excluding hydrogens is 282 g/mol. The summed E-state index contributed by atoms with van der Waals surface area (Å²) in [6, 6.07) is 7.56. The lowest BCUT2D eigenvalue weighted by Crippen LogP contribution is -2.26. The maximum atomic E-state index is 11.8. The topological polar surface area (TPSA) is 75.6 Å². The highest BCUT2D eigenvalue weighted by Gasteiger charge is 2.11. The predicted molar refractivity (Wildman–Crippen MR) is 84.9 cm³/mol. The van der Waals surface area contributed by atoms with Gasteiger partial charge in [-0.1, -0.05) is 12.1 Å². The maximum Gasteiger partial charge on any atom is 0.303 e. The van der Waals surface area contributed by atoms with Gasteiger partial charge in [-0.05, 0) is 51.3 Å². The number of aliphatic carboxylic acids is 1. The first-order valence-electron chi connectivity index (χ1n) is 7.66. The van der Waals surface area contributed by atoms with Crippen LogP contribution in [-0.2, 0) is 9.59 Å². The number of hydrogen-bond donors (Lipinski definition) is 2. The van der Waals surface area contributed by atoms with Crippen LogP contribution >= 0.6 is 0 Å². The van der Waals surface area contributed by atoms with Crippen molar-refractivity contribution in [2.45, 2.75) is 58.6 Å². The van der Waals surface area contributed by atoms with Crippen molar-refractivity contribution in [3.05, 3.63) is 29.8 Å². The van der Waals surface area contributed by atoms with Crippen molar-refractivity contribution in [1.82, 2.24) is 5.32 Å². The van der Waals surface area contributed by atoms with Crippen molar-refractivity contribution in [3.8, 4) is 5.75 Å². The van der Waals surface area contributed by atoms with Crippen molar-refractivity contribution in [2.24, 2.45) is 0 Å². The number of carbonyl (C=O) groups is 2. The summed E-state index contributed by atoms with van der Waals surface area (Å²) in [6.45, 7) is 5.85. The Hall–Kier alpha value is -2.04. The molecule has 22 heavy (non-hydrogen) atoms. The van der Waals surface area contributed by atoms with Gasteiger partial charge in [0.05, 0.1) is 12.1 Å².